The quantitative estimate of drug-likeness (QED) is 0.609. The molecule has 0 heterocycles. The van der Waals surface area contributed by atoms with Crippen LogP contribution in [0.3, 0.4) is 0 Å². The van der Waals surface area contributed by atoms with Gasteiger partial charge in [-0.1, -0.05) is 19.3 Å². The highest BCUT2D eigenvalue weighted by Crippen LogP contribution is 2.27. The summed E-state index contributed by atoms with van der Waals surface area (Å²) in [7, 11) is 1.50. The number of ether oxygens (including phenoxy) is 1. The highest BCUT2D eigenvalue weighted by Gasteiger charge is 2.29. The Morgan fingerprint density at radius 2 is 2.12 bits per heavy atom. The van der Waals surface area contributed by atoms with Crippen molar-refractivity contribution in [1.29, 1.82) is 0 Å². The second kappa shape index (κ2) is 6.18. The molecule has 1 aliphatic rings. The number of nitrogens with one attached hydrogen (secondary N) is 1. The zero-order valence-corrected chi connectivity index (χ0v) is 9.87. The van der Waals surface area contributed by atoms with Crippen molar-refractivity contribution in [2.75, 3.05) is 20.3 Å². The Labute approximate surface area is 96.3 Å². The third kappa shape index (κ3) is 4.08. The van der Waals surface area contributed by atoms with Gasteiger partial charge >= 0.3 is 0 Å². The molecule has 16 heavy (non-hydrogen) atoms. The molecule has 0 radical (unpaired) electrons. The lowest BCUT2D eigenvalue weighted by Crippen LogP contribution is -2.50. The Morgan fingerprint density at radius 1 is 1.50 bits per heavy atom. The second-order valence-electron chi connectivity index (χ2n) is 4.56. The van der Waals surface area contributed by atoms with Crippen molar-refractivity contribution in [2.24, 2.45) is 5.73 Å². The third-order valence-electron chi connectivity index (χ3n) is 3.06. The first-order chi connectivity index (χ1) is 7.57. The number of amides is 1. The van der Waals surface area contributed by atoms with Gasteiger partial charge in [-0.05, 0) is 12.8 Å². The number of carbonyl (C=O) groups excluding carboxylic acids is 1. The third-order valence-corrected chi connectivity index (χ3v) is 3.06. The molecular formula is C11H22N2O3. The standard InChI is InChI=1S/C11H22N2O3/c1-16-7-9(12)10(14)13-8-11(15)5-3-2-4-6-11/h9,15H,2-8,12H2,1H3,(H,13,14). The maximum atomic E-state index is 11.5. The first-order valence-electron chi connectivity index (χ1n) is 5.82. The van der Waals surface area contributed by atoms with Gasteiger partial charge in [-0.15, -0.1) is 0 Å². The predicted molar refractivity (Wildman–Crippen MR) is 60.9 cm³/mol. The van der Waals surface area contributed by atoms with E-state index in [1.807, 2.05) is 0 Å². The number of hydrogen-bond donors (Lipinski definition) is 3. The highest BCUT2D eigenvalue weighted by atomic mass is 16.5. The van der Waals surface area contributed by atoms with Crippen molar-refractivity contribution < 1.29 is 14.6 Å². The van der Waals surface area contributed by atoms with Gasteiger partial charge in [-0.2, -0.15) is 0 Å². The predicted octanol–water partition coefficient (Wildman–Crippen LogP) is -0.228. The molecular weight excluding hydrogens is 208 g/mol. The minimum absolute atomic E-state index is 0.199. The molecule has 1 fully saturated rings. The Bertz CT molecular complexity index is 227. The van der Waals surface area contributed by atoms with Crippen molar-refractivity contribution >= 4 is 5.91 Å². The first kappa shape index (κ1) is 13.4. The molecule has 0 saturated heterocycles. The average Bonchev–Trinajstić information content (AvgIpc) is 2.27. The molecule has 1 amide bonds. The summed E-state index contributed by atoms with van der Waals surface area (Å²) in [6.45, 7) is 0.494. The van der Waals surface area contributed by atoms with Gasteiger partial charge in [0, 0.05) is 13.7 Å². The van der Waals surface area contributed by atoms with Crippen LogP contribution in [0.1, 0.15) is 32.1 Å². The Morgan fingerprint density at radius 3 is 2.69 bits per heavy atom. The number of hydrogen-bond acceptors (Lipinski definition) is 4. The molecule has 0 spiro atoms. The molecule has 1 unspecified atom stereocenters. The number of carbonyl (C=O) groups is 1. The van der Waals surface area contributed by atoms with Crippen LogP contribution >= 0.6 is 0 Å². The molecule has 0 bridgehead atoms. The maximum Gasteiger partial charge on any atom is 0.239 e. The first-order valence-corrected chi connectivity index (χ1v) is 5.82. The summed E-state index contributed by atoms with van der Waals surface area (Å²) >= 11 is 0. The second-order valence-corrected chi connectivity index (χ2v) is 4.56. The van der Waals surface area contributed by atoms with E-state index >= 15 is 0 Å². The van der Waals surface area contributed by atoms with E-state index in [2.05, 4.69) is 5.32 Å². The molecule has 0 aromatic carbocycles. The lowest BCUT2D eigenvalue weighted by Gasteiger charge is -2.32. The van der Waals surface area contributed by atoms with Crippen molar-refractivity contribution in [1.82, 2.24) is 5.32 Å². The largest absolute Gasteiger partial charge is 0.388 e. The fourth-order valence-electron chi connectivity index (χ4n) is 2.02. The van der Waals surface area contributed by atoms with Gasteiger partial charge in [0.15, 0.2) is 0 Å². The summed E-state index contributed by atoms with van der Waals surface area (Å²) < 4.78 is 4.79. The summed E-state index contributed by atoms with van der Waals surface area (Å²) in [4.78, 5) is 11.5. The van der Waals surface area contributed by atoms with Crippen molar-refractivity contribution in [2.45, 2.75) is 43.7 Å². The van der Waals surface area contributed by atoms with Gasteiger partial charge in [0.2, 0.25) is 5.91 Å². The molecule has 94 valence electrons. The molecule has 0 aromatic rings. The zero-order chi connectivity index (χ0) is 12.0. The minimum atomic E-state index is -0.735. The van der Waals surface area contributed by atoms with E-state index in [4.69, 9.17) is 10.5 Å². The van der Waals surface area contributed by atoms with Crippen LogP contribution in [0.5, 0.6) is 0 Å². The van der Waals surface area contributed by atoms with Gasteiger partial charge in [0.25, 0.3) is 0 Å². The van der Waals surface area contributed by atoms with Gasteiger partial charge < -0.3 is 20.9 Å². The molecule has 1 atom stereocenters. The number of aliphatic hydroxyl groups is 1. The SMILES string of the molecule is COCC(N)C(=O)NCC1(O)CCCCC1. The van der Waals surface area contributed by atoms with Crippen LogP contribution < -0.4 is 11.1 Å². The fraction of sp³-hybridized carbons (Fsp3) is 0.909. The van der Waals surface area contributed by atoms with Crippen molar-refractivity contribution in [3.8, 4) is 0 Å². The Kier molecular flexibility index (Phi) is 5.18. The molecule has 5 heteroatoms. The normalized spacial score (nSPS) is 21.4. The van der Waals surface area contributed by atoms with E-state index < -0.39 is 11.6 Å². The van der Waals surface area contributed by atoms with Gasteiger partial charge in [0.1, 0.15) is 6.04 Å². The van der Waals surface area contributed by atoms with Crippen molar-refractivity contribution in [3.63, 3.8) is 0 Å². The summed E-state index contributed by atoms with van der Waals surface area (Å²) in [5.74, 6) is -0.263. The van der Waals surface area contributed by atoms with Gasteiger partial charge in [-0.3, -0.25) is 4.79 Å². The smallest absolute Gasteiger partial charge is 0.239 e. The minimum Gasteiger partial charge on any atom is -0.388 e. The Hall–Kier alpha value is -0.650. The number of methoxy groups -OCH3 is 1. The monoisotopic (exact) mass is 230 g/mol. The molecule has 1 saturated carbocycles. The zero-order valence-electron chi connectivity index (χ0n) is 9.87. The number of nitrogens with two attached hydrogens (primary N) is 1. The maximum absolute atomic E-state index is 11.5. The Balaban J connectivity index is 2.29. The van der Waals surface area contributed by atoms with Crippen LogP contribution in [0.25, 0.3) is 0 Å². The van der Waals surface area contributed by atoms with E-state index in [1.165, 1.54) is 13.5 Å². The summed E-state index contributed by atoms with van der Waals surface area (Å²) in [5.41, 5.74) is 4.83. The molecule has 1 rings (SSSR count). The van der Waals surface area contributed by atoms with E-state index in [0.29, 0.717) is 6.54 Å². The van der Waals surface area contributed by atoms with E-state index in [9.17, 15) is 9.90 Å². The lowest BCUT2D eigenvalue weighted by atomic mass is 9.85. The van der Waals surface area contributed by atoms with Crippen LogP contribution in [-0.4, -0.2) is 42.9 Å². The van der Waals surface area contributed by atoms with Crippen molar-refractivity contribution in [3.05, 3.63) is 0 Å². The van der Waals surface area contributed by atoms with Crippen LogP contribution in [-0.2, 0) is 9.53 Å². The van der Waals surface area contributed by atoms with E-state index in [-0.39, 0.29) is 12.5 Å². The highest BCUT2D eigenvalue weighted by molar-refractivity contribution is 5.81. The summed E-state index contributed by atoms with van der Waals surface area (Å²) in [6.07, 6.45) is 4.73. The average molecular weight is 230 g/mol. The van der Waals surface area contributed by atoms with E-state index in [1.54, 1.807) is 0 Å². The summed E-state index contributed by atoms with van der Waals surface area (Å²) in [6, 6.07) is -0.655. The molecule has 0 aliphatic heterocycles. The van der Waals surface area contributed by atoms with Crippen LogP contribution in [0, 0.1) is 0 Å². The molecule has 0 aromatic heterocycles. The summed E-state index contributed by atoms with van der Waals surface area (Å²) in [5, 5.41) is 12.8. The molecule has 1 aliphatic carbocycles. The molecule has 5 nitrogen and oxygen atoms in total. The van der Waals surface area contributed by atoms with Crippen LogP contribution in [0.2, 0.25) is 0 Å². The van der Waals surface area contributed by atoms with Crippen LogP contribution in [0.4, 0.5) is 0 Å². The topological polar surface area (TPSA) is 84.6 Å². The van der Waals surface area contributed by atoms with Gasteiger partial charge in [-0.25, -0.2) is 0 Å². The van der Waals surface area contributed by atoms with Crippen LogP contribution in [0.15, 0.2) is 0 Å². The number of rotatable bonds is 5. The van der Waals surface area contributed by atoms with E-state index in [0.717, 1.165) is 25.7 Å². The fourth-order valence-corrected chi connectivity index (χ4v) is 2.02. The van der Waals surface area contributed by atoms with Gasteiger partial charge in [0.05, 0.1) is 12.2 Å². The lowest BCUT2D eigenvalue weighted by molar-refractivity contribution is -0.125. The molecule has 4 N–H and O–H groups in total.